The zero-order chi connectivity index (χ0) is 21.5. The van der Waals surface area contributed by atoms with Gasteiger partial charge in [0, 0.05) is 20.5 Å². The summed E-state index contributed by atoms with van der Waals surface area (Å²) in [5, 5.41) is 18.5. The summed E-state index contributed by atoms with van der Waals surface area (Å²) in [6.07, 6.45) is 2.88. The van der Waals surface area contributed by atoms with Crippen molar-refractivity contribution < 1.29 is 14.7 Å². The number of hydrogen-bond acceptors (Lipinski definition) is 5. The number of benzene rings is 2. The highest BCUT2D eigenvalue weighted by Gasteiger charge is 2.14. The Bertz CT molecular complexity index is 1110. The highest BCUT2D eigenvalue weighted by Crippen LogP contribution is 2.30. The van der Waals surface area contributed by atoms with Gasteiger partial charge in [0.2, 0.25) is 0 Å². The maximum Gasteiger partial charge on any atom is 0.287 e. The Labute approximate surface area is 193 Å². The number of thiophene rings is 1. The summed E-state index contributed by atoms with van der Waals surface area (Å²) in [7, 11) is 0. The summed E-state index contributed by atoms with van der Waals surface area (Å²) >= 11 is 8.00. The van der Waals surface area contributed by atoms with Crippen molar-refractivity contribution in [2.24, 2.45) is 5.10 Å². The van der Waals surface area contributed by atoms with E-state index in [4.69, 9.17) is 0 Å². The van der Waals surface area contributed by atoms with Gasteiger partial charge in [0.25, 0.3) is 11.8 Å². The highest BCUT2D eigenvalue weighted by molar-refractivity contribution is 9.11. The molecule has 1 aromatic heterocycles. The van der Waals surface area contributed by atoms with Crippen LogP contribution in [0.5, 0.6) is 5.75 Å². The number of nitrogens with one attached hydrogen (secondary N) is 2. The molecule has 152 valence electrons. The fourth-order valence-electron chi connectivity index (χ4n) is 2.36. The minimum absolute atomic E-state index is 0.0112. The van der Waals surface area contributed by atoms with Crippen LogP contribution in [-0.4, -0.2) is 23.1 Å². The largest absolute Gasteiger partial charge is 0.506 e. The Morgan fingerprint density at radius 2 is 1.83 bits per heavy atom. The molecular weight excluding hydrogens is 534 g/mol. The van der Waals surface area contributed by atoms with Gasteiger partial charge in [-0.1, -0.05) is 40.2 Å². The van der Waals surface area contributed by atoms with E-state index in [1.165, 1.54) is 17.6 Å². The average Bonchev–Trinajstić information content (AvgIpc) is 3.24. The normalized spacial score (nSPS) is 11.5. The molecule has 0 radical (unpaired) electrons. The molecule has 0 bridgehead atoms. The van der Waals surface area contributed by atoms with E-state index in [1.807, 2.05) is 17.5 Å². The Morgan fingerprint density at radius 1 is 1.07 bits per heavy atom. The summed E-state index contributed by atoms with van der Waals surface area (Å²) in [4.78, 5) is 26.0. The Balaban J connectivity index is 1.78. The van der Waals surface area contributed by atoms with Crippen LogP contribution in [0.3, 0.4) is 0 Å². The van der Waals surface area contributed by atoms with Crippen molar-refractivity contribution in [1.29, 1.82) is 0 Å². The first-order valence-corrected chi connectivity index (χ1v) is 11.0. The summed E-state index contributed by atoms with van der Waals surface area (Å²) in [5.74, 6) is -1.02. The zero-order valence-corrected chi connectivity index (χ0v) is 19.3. The summed E-state index contributed by atoms with van der Waals surface area (Å²) < 4.78 is 1.21. The molecule has 2 amide bonds. The number of rotatable bonds is 6. The van der Waals surface area contributed by atoms with Crippen LogP contribution in [0.25, 0.3) is 6.08 Å². The number of phenols is 1. The van der Waals surface area contributed by atoms with Gasteiger partial charge in [0.1, 0.15) is 11.4 Å². The van der Waals surface area contributed by atoms with Crippen molar-refractivity contribution in [2.45, 2.75) is 0 Å². The Morgan fingerprint density at radius 3 is 2.53 bits per heavy atom. The van der Waals surface area contributed by atoms with Gasteiger partial charge in [-0.15, -0.1) is 11.3 Å². The minimum Gasteiger partial charge on any atom is -0.506 e. The molecule has 0 unspecified atom stereocenters. The first-order chi connectivity index (χ1) is 14.4. The van der Waals surface area contributed by atoms with Gasteiger partial charge in [-0.3, -0.25) is 9.59 Å². The molecular formula is C21H15Br2N3O3S. The molecule has 30 heavy (non-hydrogen) atoms. The molecule has 0 aliphatic heterocycles. The Kier molecular flexibility index (Phi) is 7.56. The predicted molar refractivity (Wildman–Crippen MR) is 125 cm³/mol. The summed E-state index contributed by atoms with van der Waals surface area (Å²) in [6.45, 7) is 0. The lowest BCUT2D eigenvalue weighted by atomic mass is 10.2. The molecule has 2 aromatic carbocycles. The monoisotopic (exact) mass is 547 g/mol. The molecule has 6 nitrogen and oxygen atoms in total. The molecule has 0 atom stereocenters. The van der Waals surface area contributed by atoms with E-state index in [0.29, 0.717) is 15.6 Å². The second-order valence-corrected chi connectivity index (χ2v) is 8.67. The Hall–Kier alpha value is -2.75. The van der Waals surface area contributed by atoms with Crippen LogP contribution in [-0.2, 0) is 4.79 Å². The lowest BCUT2D eigenvalue weighted by Gasteiger charge is -2.09. The van der Waals surface area contributed by atoms with E-state index in [1.54, 1.807) is 48.5 Å². The van der Waals surface area contributed by atoms with Crippen molar-refractivity contribution in [3.63, 3.8) is 0 Å². The van der Waals surface area contributed by atoms with E-state index in [9.17, 15) is 14.7 Å². The fraction of sp³-hybridized carbons (Fsp3) is 0. The van der Waals surface area contributed by atoms with E-state index >= 15 is 0 Å². The molecule has 0 saturated heterocycles. The van der Waals surface area contributed by atoms with Gasteiger partial charge in [0.15, 0.2) is 0 Å². The van der Waals surface area contributed by atoms with E-state index in [-0.39, 0.29) is 11.4 Å². The zero-order valence-electron chi connectivity index (χ0n) is 15.3. The third-order valence-electron chi connectivity index (χ3n) is 3.79. The standard InChI is InChI=1S/C21H15Br2N3O3S/c22-15-9-14(19(27)17(23)10-15)12-24-26-21(29)18(11-16-7-4-8-30-16)25-20(28)13-5-2-1-3-6-13/h1-12,27H,(H,25,28)(H,26,29)/b18-11+,24-12+. The van der Waals surface area contributed by atoms with Crippen molar-refractivity contribution in [3.8, 4) is 5.75 Å². The molecule has 3 rings (SSSR count). The SMILES string of the molecule is O=C(N/N=C/c1cc(Br)cc(Br)c1O)/C(=C\c1cccs1)NC(=O)c1ccccc1. The molecule has 0 fully saturated rings. The number of hydrogen-bond donors (Lipinski definition) is 3. The molecule has 3 aromatic rings. The van der Waals surface area contributed by atoms with Crippen molar-refractivity contribution in [2.75, 3.05) is 0 Å². The van der Waals surface area contributed by atoms with Crippen molar-refractivity contribution in [1.82, 2.24) is 10.7 Å². The minimum atomic E-state index is -0.600. The third-order valence-corrected chi connectivity index (χ3v) is 5.67. The molecule has 3 N–H and O–H groups in total. The van der Waals surface area contributed by atoms with E-state index in [2.05, 4.69) is 47.7 Å². The van der Waals surface area contributed by atoms with E-state index < -0.39 is 11.8 Å². The number of carbonyl (C=O) groups excluding carboxylic acids is 2. The lowest BCUT2D eigenvalue weighted by Crippen LogP contribution is -2.32. The van der Waals surface area contributed by atoms with Crippen molar-refractivity contribution >= 4 is 67.3 Å². The molecule has 0 aliphatic rings. The van der Waals surface area contributed by atoms with Gasteiger partial charge < -0.3 is 10.4 Å². The molecule has 0 saturated carbocycles. The quantitative estimate of drug-likeness (QED) is 0.232. The highest BCUT2D eigenvalue weighted by atomic mass is 79.9. The number of hydrazone groups is 1. The van der Waals surface area contributed by atoms with Gasteiger partial charge in [0.05, 0.1) is 10.7 Å². The third kappa shape index (κ3) is 5.88. The maximum atomic E-state index is 12.7. The average molecular weight is 549 g/mol. The van der Waals surface area contributed by atoms with Crippen LogP contribution in [0.4, 0.5) is 0 Å². The predicted octanol–water partition coefficient (Wildman–Crippen LogP) is 4.90. The van der Waals surface area contributed by atoms with Crippen LogP contribution in [0.1, 0.15) is 20.8 Å². The number of amides is 2. The summed E-state index contributed by atoms with van der Waals surface area (Å²) in [6, 6.07) is 15.6. The van der Waals surface area contributed by atoms with Gasteiger partial charge in [-0.2, -0.15) is 5.10 Å². The summed E-state index contributed by atoms with van der Waals surface area (Å²) in [5.41, 5.74) is 3.24. The number of nitrogens with zero attached hydrogens (tertiary/aromatic N) is 1. The van der Waals surface area contributed by atoms with Crippen LogP contribution < -0.4 is 10.7 Å². The van der Waals surface area contributed by atoms with Crippen LogP contribution >= 0.6 is 43.2 Å². The second kappa shape index (κ2) is 10.3. The first kappa shape index (κ1) is 21.9. The van der Waals surface area contributed by atoms with E-state index in [0.717, 1.165) is 9.35 Å². The van der Waals surface area contributed by atoms with Gasteiger partial charge >= 0.3 is 0 Å². The maximum absolute atomic E-state index is 12.7. The number of carbonyl (C=O) groups is 2. The fourth-order valence-corrected chi connectivity index (χ4v) is 4.28. The second-order valence-electron chi connectivity index (χ2n) is 5.92. The number of halogens is 2. The van der Waals surface area contributed by atoms with Crippen molar-refractivity contribution in [3.05, 3.63) is 90.6 Å². The molecule has 0 spiro atoms. The van der Waals surface area contributed by atoms with Gasteiger partial charge in [-0.25, -0.2) is 5.43 Å². The number of aromatic hydroxyl groups is 1. The molecule has 9 heteroatoms. The van der Waals surface area contributed by atoms with Gasteiger partial charge in [-0.05, 0) is 57.7 Å². The van der Waals surface area contributed by atoms with Crippen LogP contribution in [0.2, 0.25) is 0 Å². The lowest BCUT2D eigenvalue weighted by molar-refractivity contribution is -0.117. The smallest absolute Gasteiger partial charge is 0.287 e. The first-order valence-electron chi connectivity index (χ1n) is 8.57. The van der Waals surface area contributed by atoms with Crippen LogP contribution in [0, 0.1) is 0 Å². The topological polar surface area (TPSA) is 90.8 Å². The molecule has 1 heterocycles. The molecule has 0 aliphatic carbocycles. The van der Waals surface area contributed by atoms with Crippen LogP contribution in [0.15, 0.2) is 79.7 Å². The number of phenolic OH excluding ortho intramolecular Hbond substituents is 1.